The van der Waals surface area contributed by atoms with Crippen LogP contribution in [0.4, 0.5) is 0 Å². The predicted molar refractivity (Wildman–Crippen MR) is 66.4 cm³/mol. The molecule has 0 aromatic rings. The zero-order valence-electron chi connectivity index (χ0n) is 10.7. The van der Waals surface area contributed by atoms with Crippen molar-refractivity contribution in [1.82, 2.24) is 4.90 Å². The number of likely N-dealkylation sites (N-methyl/N-ethyl adjacent to an activating group) is 1. The Morgan fingerprint density at radius 2 is 2.06 bits per heavy atom. The molecule has 2 N–H and O–H groups in total. The quantitative estimate of drug-likeness (QED) is 0.774. The average Bonchev–Trinajstić information content (AvgIpc) is 3.14. The molecular weight excluding hydrogens is 200 g/mol. The Morgan fingerprint density at radius 1 is 1.31 bits per heavy atom. The van der Waals surface area contributed by atoms with E-state index >= 15 is 0 Å². The van der Waals surface area contributed by atoms with E-state index in [4.69, 9.17) is 10.5 Å². The molecular formula is C13H26N2O. The van der Waals surface area contributed by atoms with Crippen molar-refractivity contribution in [2.24, 2.45) is 11.7 Å². The minimum atomic E-state index is 0.471. The summed E-state index contributed by atoms with van der Waals surface area (Å²) in [6.45, 7) is 0.815. The maximum Gasteiger partial charge on any atom is 0.0586 e. The fourth-order valence-electron chi connectivity index (χ4n) is 3.15. The fourth-order valence-corrected chi connectivity index (χ4v) is 3.15. The van der Waals surface area contributed by atoms with Crippen LogP contribution in [0.5, 0.6) is 0 Å². The molecule has 0 heterocycles. The highest BCUT2D eigenvalue weighted by molar-refractivity contribution is 4.91. The molecule has 3 unspecified atom stereocenters. The number of ether oxygens (including phenoxy) is 1. The van der Waals surface area contributed by atoms with Crippen molar-refractivity contribution in [3.63, 3.8) is 0 Å². The summed E-state index contributed by atoms with van der Waals surface area (Å²) < 4.78 is 5.50. The molecule has 0 radical (unpaired) electrons. The number of hydrogen-bond acceptors (Lipinski definition) is 3. The van der Waals surface area contributed by atoms with Crippen LogP contribution in [-0.2, 0) is 4.74 Å². The Balaban J connectivity index is 1.89. The van der Waals surface area contributed by atoms with Crippen molar-refractivity contribution < 1.29 is 4.74 Å². The van der Waals surface area contributed by atoms with Crippen molar-refractivity contribution in [2.45, 2.75) is 56.7 Å². The molecule has 0 aromatic heterocycles. The van der Waals surface area contributed by atoms with E-state index in [1.807, 2.05) is 7.11 Å². The van der Waals surface area contributed by atoms with Crippen LogP contribution >= 0.6 is 0 Å². The lowest BCUT2D eigenvalue weighted by Crippen LogP contribution is -2.48. The molecule has 94 valence electrons. The maximum atomic E-state index is 5.92. The van der Waals surface area contributed by atoms with Gasteiger partial charge in [-0.1, -0.05) is 0 Å². The summed E-state index contributed by atoms with van der Waals surface area (Å²) in [5.41, 5.74) is 5.92. The summed E-state index contributed by atoms with van der Waals surface area (Å²) in [5.74, 6) is 0.873. The van der Waals surface area contributed by atoms with Crippen LogP contribution < -0.4 is 5.73 Å². The topological polar surface area (TPSA) is 38.5 Å². The Bertz CT molecular complexity index is 218. The van der Waals surface area contributed by atoms with Gasteiger partial charge in [-0.15, -0.1) is 0 Å². The van der Waals surface area contributed by atoms with Gasteiger partial charge in [0.15, 0.2) is 0 Å². The molecule has 16 heavy (non-hydrogen) atoms. The molecule has 0 bridgehead atoms. The van der Waals surface area contributed by atoms with Crippen LogP contribution in [0, 0.1) is 5.92 Å². The second-order valence-electron chi connectivity index (χ2n) is 5.48. The summed E-state index contributed by atoms with van der Waals surface area (Å²) in [6, 6.07) is 1.30. The highest BCUT2D eigenvalue weighted by Crippen LogP contribution is 2.37. The zero-order chi connectivity index (χ0) is 11.5. The van der Waals surface area contributed by atoms with Gasteiger partial charge in [0.25, 0.3) is 0 Å². The number of rotatable bonds is 5. The molecule has 3 heteroatoms. The van der Waals surface area contributed by atoms with E-state index in [9.17, 15) is 0 Å². The SMILES string of the molecule is COC1CCCC(N(C)C(CN)C2CC2)C1. The Labute approximate surface area is 99.3 Å². The minimum Gasteiger partial charge on any atom is -0.381 e. The smallest absolute Gasteiger partial charge is 0.0586 e. The molecule has 0 spiro atoms. The Morgan fingerprint density at radius 3 is 2.62 bits per heavy atom. The average molecular weight is 226 g/mol. The number of nitrogens with two attached hydrogens (primary N) is 1. The van der Waals surface area contributed by atoms with Gasteiger partial charge in [-0.3, -0.25) is 4.90 Å². The van der Waals surface area contributed by atoms with Crippen molar-refractivity contribution >= 4 is 0 Å². The van der Waals surface area contributed by atoms with Gasteiger partial charge in [-0.2, -0.15) is 0 Å². The van der Waals surface area contributed by atoms with Crippen molar-refractivity contribution in [2.75, 3.05) is 20.7 Å². The fraction of sp³-hybridized carbons (Fsp3) is 1.00. The lowest BCUT2D eigenvalue weighted by molar-refractivity contribution is 0.0217. The van der Waals surface area contributed by atoms with Crippen LogP contribution in [0.3, 0.4) is 0 Å². The third-order valence-corrected chi connectivity index (χ3v) is 4.44. The van der Waals surface area contributed by atoms with E-state index in [-0.39, 0.29) is 0 Å². The first-order valence-corrected chi connectivity index (χ1v) is 6.71. The highest BCUT2D eigenvalue weighted by atomic mass is 16.5. The zero-order valence-corrected chi connectivity index (χ0v) is 10.7. The van der Waals surface area contributed by atoms with Gasteiger partial charge >= 0.3 is 0 Å². The van der Waals surface area contributed by atoms with E-state index < -0.39 is 0 Å². The predicted octanol–water partition coefficient (Wildman–Crippen LogP) is 1.61. The highest BCUT2D eigenvalue weighted by Gasteiger charge is 2.36. The molecule has 0 amide bonds. The minimum absolute atomic E-state index is 0.471. The summed E-state index contributed by atoms with van der Waals surface area (Å²) in [4.78, 5) is 2.54. The maximum absolute atomic E-state index is 5.92. The monoisotopic (exact) mass is 226 g/mol. The molecule has 3 nitrogen and oxygen atoms in total. The Kier molecular flexibility index (Phi) is 4.22. The van der Waals surface area contributed by atoms with E-state index in [1.54, 1.807) is 0 Å². The lowest BCUT2D eigenvalue weighted by Gasteiger charge is -2.39. The molecule has 0 aromatic carbocycles. The van der Waals surface area contributed by atoms with Crippen LogP contribution in [0.1, 0.15) is 38.5 Å². The first kappa shape index (κ1) is 12.3. The molecule has 2 fully saturated rings. The second-order valence-corrected chi connectivity index (χ2v) is 5.48. The number of hydrogen-bond donors (Lipinski definition) is 1. The molecule has 2 aliphatic carbocycles. The summed E-state index contributed by atoms with van der Waals surface area (Å²) >= 11 is 0. The lowest BCUT2D eigenvalue weighted by atomic mass is 9.90. The largest absolute Gasteiger partial charge is 0.381 e. The van der Waals surface area contributed by atoms with Crippen LogP contribution in [0.15, 0.2) is 0 Å². The molecule has 2 saturated carbocycles. The second kappa shape index (κ2) is 5.48. The van der Waals surface area contributed by atoms with Gasteiger partial charge in [0.2, 0.25) is 0 Å². The normalized spacial score (nSPS) is 33.0. The summed E-state index contributed by atoms with van der Waals surface area (Å²) in [7, 11) is 4.10. The first-order valence-electron chi connectivity index (χ1n) is 6.71. The van der Waals surface area contributed by atoms with Crippen molar-refractivity contribution in [3.05, 3.63) is 0 Å². The summed E-state index contributed by atoms with van der Waals surface area (Å²) in [5, 5.41) is 0. The molecule has 3 atom stereocenters. The van der Waals surface area contributed by atoms with Gasteiger partial charge in [0, 0.05) is 25.7 Å². The molecule has 2 rings (SSSR count). The van der Waals surface area contributed by atoms with Gasteiger partial charge in [-0.25, -0.2) is 0 Å². The van der Waals surface area contributed by atoms with E-state index in [0.717, 1.165) is 12.5 Å². The van der Waals surface area contributed by atoms with Crippen molar-refractivity contribution in [3.8, 4) is 0 Å². The van der Waals surface area contributed by atoms with E-state index in [1.165, 1.54) is 38.5 Å². The Hall–Kier alpha value is -0.120. The van der Waals surface area contributed by atoms with Crippen LogP contribution in [0.25, 0.3) is 0 Å². The number of methoxy groups -OCH3 is 1. The third kappa shape index (κ3) is 2.76. The van der Waals surface area contributed by atoms with Crippen LogP contribution in [0.2, 0.25) is 0 Å². The van der Waals surface area contributed by atoms with E-state index in [0.29, 0.717) is 18.2 Å². The van der Waals surface area contributed by atoms with Crippen LogP contribution in [-0.4, -0.2) is 43.8 Å². The van der Waals surface area contributed by atoms with E-state index in [2.05, 4.69) is 11.9 Å². The van der Waals surface area contributed by atoms with Gasteiger partial charge < -0.3 is 10.5 Å². The standard InChI is InChI=1S/C13H26N2O/c1-15(13(9-14)10-6-7-10)11-4-3-5-12(8-11)16-2/h10-13H,3-9,14H2,1-2H3. The van der Waals surface area contributed by atoms with Gasteiger partial charge in [-0.05, 0) is 51.5 Å². The molecule has 0 aliphatic heterocycles. The molecule has 0 saturated heterocycles. The van der Waals surface area contributed by atoms with Gasteiger partial charge in [0.05, 0.1) is 6.10 Å². The van der Waals surface area contributed by atoms with Gasteiger partial charge in [0.1, 0.15) is 0 Å². The first-order chi connectivity index (χ1) is 7.76. The third-order valence-electron chi connectivity index (χ3n) is 4.44. The summed E-state index contributed by atoms with van der Waals surface area (Å²) in [6.07, 6.45) is 8.28. The number of nitrogens with zero attached hydrogens (tertiary/aromatic N) is 1. The van der Waals surface area contributed by atoms with Crippen molar-refractivity contribution in [1.29, 1.82) is 0 Å². The molecule has 2 aliphatic rings.